The lowest BCUT2D eigenvalue weighted by atomic mass is 9.76. The second-order valence-electron chi connectivity index (χ2n) is 12.1. The lowest BCUT2D eigenvalue weighted by Gasteiger charge is -2.32. The Balaban J connectivity index is 1.68. The summed E-state index contributed by atoms with van der Waals surface area (Å²) in [6, 6.07) is 0. The number of hydrogen-bond donors (Lipinski definition) is 0. The molecule has 2 fully saturated rings. The molecular weight excluding hydrogens is 376 g/mol. The maximum atomic E-state index is 6.31. The summed E-state index contributed by atoms with van der Waals surface area (Å²) < 4.78 is 6.31. The zero-order valence-corrected chi connectivity index (χ0v) is 21.8. The second-order valence-corrected chi connectivity index (χ2v) is 12.1. The van der Waals surface area contributed by atoms with Crippen molar-refractivity contribution in [2.24, 2.45) is 10.8 Å². The Labute approximate surface area is 196 Å². The minimum Gasteiger partial charge on any atom is -0.381 e. The van der Waals surface area contributed by atoms with Crippen LogP contribution in [-0.4, -0.2) is 13.2 Å². The molecule has 184 valence electrons. The molecule has 0 spiro atoms. The number of rotatable bonds is 6. The lowest BCUT2D eigenvalue weighted by molar-refractivity contribution is 0.0624. The summed E-state index contributed by atoms with van der Waals surface area (Å²) in [5.74, 6) is 0. The highest BCUT2D eigenvalue weighted by molar-refractivity contribution is 4.77. The minimum atomic E-state index is 0.524. The van der Waals surface area contributed by atoms with Crippen LogP contribution in [0.3, 0.4) is 0 Å². The first-order chi connectivity index (χ1) is 15.1. The number of hydrogen-bond acceptors (Lipinski definition) is 1. The minimum absolute atomic E-state index is 0.524. The van der Waals surface area contributed by atoms with Gasteiger partial charge in [0.25, 0.3) is 0 Å². The molecule has 0 aromatic carbocycles. The third-order valence-corrected chi connectivity index (χ3v) is 8.82. The van der Waals surface area contributed by atoms with Crippen molar-refractivity contribution in [2.45, 2.75) is 168 Å². The molecular formula is C30H58O. The predicted molar refractivity (Wildman–Crippen MR) is 138 cm³/mol. The predicted octanol–water partition coefficient (Wildman–Crippen LogP) is 10.4. The SMILES string of the molecule is CC1(CCOCCC2(C)CCCCCCCCCCC2)CCCCCCCCCCC1. The average molecular weight is 435 g/mol. The molecule has 0 saturated heterocycles. The largest absolute Gasteiger partial charge is 0.381 e. The topological polar surface area (TPSA) is 9.23 Å². The van der Waals surface area contributed by atoms with Crippen molar-refractivity contribution in [1.29, 1.82) is 0 Å². The molecule has 2 rings (SSSR count). The molecule has 0 heterocycles. The van der Waals surface area contributed by atoms with Crippen LogP contribution >= 0.6 is 0 Å². The molecule has 31 heavy (non-hydrogen) atoms. The van der Waals surface area contributed by atoms with Crippen LogP contribution < -0.4 is 0 Å². The van der Waals surface area contributed by atoms with E-state index in [0.29, 0.717) is 10.8 Å². The van der Waals surface area contributed by atoms with Gasteiger partial charge < -0.3 is 4.74 Å². The summed E-state index contributed by atoms with van der Waals surface area (Å²) in [6.45, 7) is 7.12. The Kier molecular flexibility index (Phi) is 14.5. The van der Waals surface area contributed by atoms with Crippen LogP contribution in [0.5, 0.6) is 0 Å². The van der Waals surface area contributed by atoms with Gasteiger partial charge in [-0.3, -0.25) is 0 Å². The van der Waals surface area contributed by atoms with Crippen molar-refractivity contribution in [2.75, 3.05) is 13.2 Å². The van der Waals surface area contributed by atoms with Crippen LogP contribution in [0, 0.1) is 10.8 Å². The maximum Gasteiger partial charge on any atom is 0.0471 e. The van der Waals surface area contributed by atoms with Gasteiger partial charge in [-0.15, -0.1) is 0 Å². The molecule has 0 bridgehead atoms. The van der Waals surface area contributed by atoms with E-state index >= 15 is 0 Å². The molecule has 0 aliphatic heterocycles. The zero-order chi connectivity index (χ0) is 22.1. The van der Waals surface area contributed by atoms with Crippen LogP contribution in [0.1, 0.15) is 168 Å². The molecule has 0 aromatic rings. The van der Waals surface area contributed by atoms with Gasteiger partial charge in [-0.05, 0) is 49.4 Å². The maximum absolute atomic E-state index is 6.31. The van der Waals surface area contributed by atoms with Gasteiger partial charge in [0, 0.05) is 13.2 Å². The van der Waals surface area contributed by atoms with Crippen LogP contribution in [-0.2, 0) is 4.74 Å². The van der Waals surface area contributed by atoms with E-state index in [2.05, 4.69) is 13.8 Å². The summed E-state index contributed by atoms with van der Waals surface area (Å²) >= 11 is 0. The fraction of sp³-hybridized carbons (Fsp3) is 1.00. The van der Waals surface area contributed by atoms with Crippen molar-refractivity contribution in [1.82, 2.24) is 0 Å². The Bertz CT molecular complexity index is 353. The molecule has 0 atom stereocenters. The first-order valence-corrected chi connectivity index (χ1v) is 14.7. The average Bonchev–Trinajstić information content (AvgIpc) is 2.73. The highest BCUT2D eigenvalue weighted by Gasteiger charge is 2.25. The van der Waals surface area contributed by atoms with E-state index in [9.17, 15) is 0 Å². The molecule has 1 nitrogen and oxygen atoms in total. The van der Waals surface area contributed by atoms with Crippen LogP contribution in [0.15, 0.2) is 0 Å². The van der Waals surface area contributed by atoms with Crippen LogP contribution in [0.25, 0.3) is 0 Å². The molecule has 0 radical (unpaired) electrons. The molecule has 0 unspecified atom stereocenters. The van der Waals surface area contributed by atoms with Crippen molar-refractivity contribution in [3.8, 4) is 0 Å². The Morgan fingerprint density at radius 3 is 0.871 bits per heavy atom. The van der Waals surface area contributed by atoms with Gasteiger partial charge in [0.15, 0.2) is 0 Å². The van der Waals surface area contributed by atoms with Gasteiger partial charge in [-0.25, -0.2) is 0 Å². The molecule has 0 aromatic heterocycles. The summed E-state index contributed by atoms with van der Waals surface area (Å²) in [4.78, 5) is 0. The summed E-state index contributed by atoms with van der Waals surface area (Å²) in [7, 11) is 0. The molecule has 2 aliphatic carbocycles. The second kappa shape index (κ2) is 16.6. The standard InChI is InChI=1S/C30H58O/c1-29(21-17-13-9-5-3-6-10-14-18-22-29)25-27-31-28-26-30(2)23-19-15-11-7-4-8-12-16-20-24-30/h3-28H2,1-2H3. The molecule has 2 saturated carbocycles. The third-order valence-electron chi connectivity index (χ3n) is 8.82. The summed E-state index contributed by atoms with van der Waals surface area (Å²) in [6.07, 6.45) is 34.5. The zero-order valence-electron chi connectivity index (χ0n) is 21.8. The van der Waals surface area contributed by atoms with Gasteiger partial charge in [0.05, 0.1) is 0 Å². The highest BCUT2D eigenvalue weighted by atomic mass is 16.5. The first kappa shape index (κ1) is 27.2. The fourth-order valence-corrected chi connectivity index (χ4v) is 6.17. The van der Waals surface area contributed by atoms with Crippen molar-refractivity contribution in [3.05, 3.63) is 0 Å². The highest BCUT2D eigenvalue weighted by Crippen LogP contribution is 2.37. The Morgan fingerprint density at radius 1 is 0.387 bits per heavy atom. The van der Waals surface area contributed by atoms with E-state index in [4.69, 9.17) is 4.74 Å². The molecule has 1 heteroatoms. The Hall–Kier alpha value is -0.0400. The third kappa shape index (κ3) is 13.3. The van der Waals surface area contributed by atoms with E-state index in [0.717, 1.165) is 13.2 Å². The van der Waals surface area contributed by atoms with Crippen LogP contribution in [0.4, 0.5) is 0 Å². The number of ether oxygens (including phenoxy) is 1. The van der Waals surface area contributed by atoms with E-state index < -0.39 is 0 Å². The van der Waals surface area contributed by atoms with Gasteiger partial charge in [0.2, 0.25) is 0 Å². The van der Waals surface area contributed by atoms with Gasteiger partial charge in [0.1, 0.15) is 0 Å². The van der Waals surface area contributed by atoms with Gasteiger partial charge >= 0.3 is 0 Å². The summed E-state index contributed by atoms with van der Waals surface area (Å²) in [5, 5.41) is 0. The summed E-state index contributed by atoms with van der Waals surface area (Å²) in [5.41, 5.74) is 1.05. The van der Waals surface area contributed by atoms with E-state index in [-0.39, 0.29) is 0 Å². The van der Waals surface area contributed by atoms with E-state index in [1.807, 2.05) is 0 Å². The monoisotopic (exact) mass is 434 g/mol. The van der Waals surface area contributed by atoms with E-state index in [1.54, 1.807) is 0 Å². The van der Waals surface area contributed by atoms with Crippen molar-refractivity contribution in [3.63, 3.8) is 0 Å². The normalized spacial score (nSPS) is 25.4. The smallest absolute Gasteiger partial charge is 0.0471 e. The first-order valence-electron chi connectivity index (χ1n) is 14.7. The molecule has 0 amide bonds. The fourth-order valence-electron chi connectivity index (χ4n) is 6.17. The van der Waals surface area contributed by atoms with Crippen molar-refractivity contribution >= 4 is 0 Å². The Morgan fingerprint density at radius 2 is 0.613 bits per heavy atom. The van der Waals surface area contributed by atoms with Crippen molar-refractivity contribution < 1.29 is 4.74 Å². The van der Waals surface area contributed by atoms with Crippen LogP contribution in [0.2, 0.25) is 0 Å². The van der Waals surface area contributed by atoms with Gasteiger partial charge in [-0.1, -0.05) is 129 Å². The van der Waals surface area contributed by atoms with Gasteiger partial charge in [-0.2, -0.15) is 0 Å². The lowest BCUT2D eigenvalue weighted by Crippen LogP contribution is -2.22. The van der Waals surface area contributed by atoms with E-state index in [1.165, 1.54) is 154 Å². The molecule has 0 N–H and O–H groups in total. The molecule has 2 aliphatic rings. The quantitative estimate of drug-likeness (QED) is 0.378.